The highest BCUT2D eigenvalue weighted by Gasteiger charge is 2.39. The number of aromatic nitrogens is 3. The molecule has 0 radical (unpaired) electrons. The first-order valence-electron chi connectivity index (χ1n) is 10.5. The first kappa shape index (κ1) is 21.7. The fraction of sp³-hybridized carbons (Fsp3) is 0.217. The largest absolute Gasteiger partial charge is 0.389 e. The Hall–Kier alpha value is -3.82. The summed E-state index contributed by atoms with van der Waals surface area (Å²) in [5.41, 5.74) is 4.58. The molecular formula is C23H15F4N7S. The maximum Gasteiger partial charge on any atom is 0.311 e. The van der Waals surface area contributed by atoms with Crippen LogP contribution in [0.4, 0.5) is 28.4 Å². The average Bonchev–Trinajstić information content (AvgIpc) is 3.31. The molecule has 0 saturated carbocycles. The second-order valence-electron chi connectivity index (χ2n) is 8.49. The number of hydrogen-bond donors (Lipinski definition) is 1. The van der Waals surface area contributed by atoms with E-state index >= 15 is 8.78 Å². The predicted molar refractivity (Wildman–Crippen MR) is 125 cm³/mol. The number of nitriles is 1. The summed E-state index contributed by atoms with van der Waals surface area (Å²) in [6.07, 6.45) is -0.366. The topological polar surface area (TPSA) is 95.0 Å². The molecule has 6 rings (SSSR count). The summed E-state index contributed by atoms with van der Waals surface area (Å²) in [4.78, 5) is 15.3. The van der Waals surface area contributed by atoms with E-state index in [0.717, 1.165) is 17.5 Å². The van der Waals surface area contributed by atoms with Crippen LogP contribution in [0.2, 0.25) is 0 Å². The van der Waals surface area contributed by atoms with Gasteiger partial charge in [0.25, 0.3) is 0 Å². The summed E-state index contributed by atoms with van der Waals surface area (Å²) < 4.78 is 61.4. The number of likely N-dealkylation sites (N-methyl/N-ethyl adjacent to an activating group) is 1. The molecule has 2 aliphatic rings. The van der Waals surface area contributed by atoms with Crippen molar-refractivity contribution in [2.75, 3.05) is 30.8 Å². The van der Waals surface area contributed by atoms with Crippen LogP contribution in [0.15, 0.2) is 12.8 Å². The molecule has 35 heavy (non-hydrogen) atoms. The van der Waals surface area contributed by atoms with E-state index in [0.29, 0.717) is 18.7 Å². The lowest BCUT2D eigenvalue weighted by Crippen LogP contribution is -2.36. The number of rotatable bonds is 1. The SMILES string of the molecule is C=C1C[C@@H]2N(C)CCN2c2nc(F)nc3c(F)c(-c4ncc(F)c5sc(N)c(C#N)c45)c(F)c1c23. The molecule has 0 amide bonds. The lowest BCUT2D eigenvalue weighted by Gasteiger charge is -2.27. The molecule has 0 unspecified atom stereocenters. The number of hydrogen-bond acceptors (Lipinski definition) is 8. The van der Waals surface area contributed by atoms with E-state index in [2.05, 4.69) is 21.5 Å². The number of nitrogen functional groups attached to an aromatic ring is 1. The molecule has 4 aromatic rings. The molecule has 0 bridgehead atoms. The zero-order valence-electron chi connectivity index (χ0n) is 18.2. The van der Waals surface area contributed by atoms with Crippen molar-refractivity contribution in [1.29, 1.82) is 5.26 Å². The van der Waals surface area contributed by atoms with Crippen LogP contribution in [0, 0.1) is 34.9 Å². The number of pyridine rings is 1. The molecule has 176 valence electrons. The van der Waals surface area contributed by atoms with Gasteiger partial charge in [0.1, 0.15) is 28.2 Å². The van der Waals surface area contributed by atoms with E-state index in [1.165, 1.54) is 0 Å². The van der Waals surface area contributed by atoms with Gasteiger partial charge in [-0.15, -0.1) is 11.3 Å². The van der Waals surface area contributed by atoms with Gasteiger partial charge in [0.05, 0.1) is 39.3 Å². The van der Waals surface area contributed by atoms with Crippen LogP contribution >= 0.6 is 11.3 Å². The lowest BCUT2D eigenvalue weighted by atomic mass is 9.93. The van der Waals surface area contributed by atoms with E-state index in [1.807, 2.05) is 18.0 Å². The summed E-state index contributed by atoms with van der Waals surface area (Å²) in [5, 5.41) is 9.48. The number of thiophene rings is 1. The monoisotopic (exact) mass is 497 g/mol. The van der Waals surface area contributed by atoms with Crippen LogP contribution in [-0.2, 0) is 0 Å². The van der Waals surface area contributed by atoms with Crippen LogP contribution in [0.25, 0.3) is 37.8 Å². The van der Waals surface area contributed by atoms with Gasteiger partial charge in [-0.3, -0.25) is 9.88 Å². The van der Waals surface area contributed by atoms with Crippen molar-refractivity contribution < 1.29 is 17.6 Å². The van der Waals surface area contributed by atoms with Crippen molar-refractivity contribution in [3.8, 4) is 17.3 Å². The van der Waals surface area contributed by atoms with E-state index < -0.39 is 34.6 Å². The van der Waals surface area contributed by atoms with Crippen molar-refractivity contribution in [2.45, 2.75) is 12.6 Å². The highest BCUT2D eigenvalue weighted by atomic mass is 32.1. The van der Waals surface area contributed by atoms with Gasteiger partial charge in [-0.05, 0) is 12.6 Å². The molecule has 5 heterocycles. The first-order chi connectivity index (χ1) is 16.7. The Balaban J connectivity index is 1.77. The second-order valence-corrected chi connectivity index (χ2v) is 9.54. The van der Waals surface area contributed by atoms with E-state index in [9.17, 15) is 14.0 Å². The molecule has 3 aromatic heterocycles. The Kier molecular flexibility index (Phi) is 4.55. The molecular weight excluding hydrogens is 482 g/mol. The third-order valence-corrected chi connectivity index (χ3v) is 7.67. The number of nitrogens with two attached hydrogens (primary N) is 1. The Morgan fingerprint density at radius 2 is 1.91 bits per heavy atom. The van der Waals surface area contributed by atoms with Gasteiger partial charge in [-0.1, -0.05) is 6.58 Å². The fourth-order valence-electron chi connectivity index (χ4n) is 5.03. The van der Waals surface area contributed by atoms with Gasteiger partial charge in [-0.2, -0.15) is 19.6 Å². The molecule has 7 nitrogen and oxygen atoms in total. The zero-order valence-corrected chi connectivity index (χ0v) is 19.0. The zero-order chi connectivity index (χ0) is 24.8. The number of nitrogens with zero attached hydrogens (tertiary/aromatic N) is 6. The third-order valence-electron chi connectivity index (χ3n) is 6.64. The number of halogens is 4. The molecule has 1 fully saturated rings. The molecule has 0 aliphatic carbocycles. The Bertz CT molecular complexity index is 1660. The number of fused-ring (bicyclic) bond motifs is 3. The maximum atomic E-state index is 16.3. The van der Waals surface area contributed by atoms with Crippen molar-refractivity contribution in [3.63, 3.8) is 0 Å². The molecule has 2 aliphatic heterocycles. The Morgan fingerprint density at radius 3 is 2.66 bits per heavy atom. The highest BCUT2D eigenvalue weighted by molar-refractivity contribution is 7.23. The Labute approximate surface area is 199 Å². The number of anilines is 2. The normalized spacial score (nSPS) is 17.8. The molecule has 1 aromatic carbocycles. The van der Waals surface area contributed by atoms with E-state index in [-0.39, 0.29) is 55.7 Å². The van der Waals surface area contributed by atoms with Gasteiger partial charge >= 0.3 is 6.08 Å². The van der Waals surface area contributed by atoms with Gasteiger partial charge in [0, 0.05) is 30.5 Å². The molecule has 12 heteroatoms. The van der Waals surface area contributed by atoms with Gasteiger partial charge in [-0.25, -0.2) is 13.2 Å². The van der Waals surface area contributed by atoms with Crippen molar-refractivity contribution in [3.05, 3.63) is 47.4 Å². The maximum absolute atomic E-state index is 16.3. The van der Waals surface area contributed by atoms with E-state index in [1.54, 1.807) is 4.90 Å². The predicted octanol–water partition coefficient (Wildman–Crippen LogP) is 4.41. The summed E-state index contributed by atoms with van der Waals surface area (Å²) in [7, 11) is 1.87. The van der Waals surface area contributed by atoms with Crippen molar-refractivity contribution >= 4 is 48.7 Å². The highest BCUT2D eigenvalue weighted by Crippen LogP contribution is 2.47. The van der Waals surface area contributed by atoms with Crippen LogP contribution in [0.3, 0.4) is 0 Å². The molecule has 0 spiro atoms. The molecule has 1 saturated heterocycles. The second kappa shape index (κ2) is 7.34. The fourth-order valence-corrected chi connectivity index (χ4v) is 5.95. The van der Waals surface area contributed by atoms with Crippen LogP contribution in [0.5, 0.6) is 0 Å². The van der Waals surface area contributed by atoms with Crippen molar-refractivity contribution in [2.24, 2.45) is 0 Å². The minimum Gasteiger partial charge on any atom is -0.389 e. The third kappa shape index (κ3) is 2.82. The van der Waals surface area contributed by atoms with Gasteiger partial charge < -0.3 is 10.6 Å². The number of benzene rings is 1. The van der Waals surface area contributed by atoms with Gasteiger partial charge in [0.2, 0.25) is 0 Å². The summed E-state index contributed by atoms with van der Waals surface area (Å²) in [6, 6.07) is 1.86. The summed E-state index contributed by atoms with van der Waals surface area (Å²) in [5.74, 6) is -2.92. The van der Waals surface area contributed by atoms with Crippen LogP contribution < -0.4 is 10.6 Å². The summed E-state index contributed by atoms with van der Waals surface area (Å²) >= 11 is 0.775. The molecule has 2 N–H and O–H groups in total. The molecule has 1 atom stereocenters. The minimum absolute atomic E-state index is 0.0108. The minimum atomic E-state index is -1.20. The standard InChI is InChI=1S/C23H15F4N7S/c1-8-5-11-33(2)3-4-34(11)22-14-12(8)16(25)15(17(26)19(14)31-23(27)32-22)18-13-9(6-28)21(29)35-20(13)10(24)7-30-18/h7,11H,1,3-5,29H2,2H3/t11-/m1/s1. The lowest BCUT2D eigenvalue weighted by molar-refractivity contribution is 0.316. The quantitative estimate of drug-likeness (QED) is 0.307. The first-order valence-corrected chi connectivity index (χ1v) is 11.3. The Morgan fingerprint density at radius 1 is 1.14 bits per heavy atom. The van der Waals surface area contributed by atoms with Crippen LogP contribution in [-0.4, -0.2) is 46.2 Å². The summed E-state index contributed by atoms with van der Waals surface area (Å²) in [6.45, 7) is 5.17. The van der Waals surface area contributed by atoms with E-state index in [4.69, 9.17) is 5.73 Å². The van der Waals surface area contributed by atoms with Crippen molar-refractivity contribution in [1.82, 2.24) is 19.9 Å². The smallest absolute Gasteiger partial charge is 0.311 e. The van der Waals surface area contributed by atoms with Gasteiger partial charge in [0.15, 0.2) is 11.6 Å². The average molecular weight is 497 g/mol. The van der Waals surface area contributed by atoms with Crippen LogP contribution in [0.1, 0.15) is 17.5 Å².